The van der Waals surface area contributed by atoms with Gasteiger partial charge in [0.2, 0.25) is 5.88 Å². The van der Waals surface area contributed by atoms with E-state index >= 15 is 0 Å². The van der Waals surface area contributed by atoms with Gasteiger partial charge in [-0.2, -0.15) is 0 Å². The number of benzene rings is 2. The average Bonchev–Trinajstić information content (AvgIpc) is 2.82. The highest BCUT2D eigenvalue weighted by atomic mass is 19.1. The van der Waals surface area contributed by atoms with E-state index in [-0.39, 0.29) is 29.7 Å². The Kier molecular flexibility index (Phi) is 6.35. The van der Waals surface area contributed by atoms with Crippen molar-refractivity contribution in [2.75, 3.05) is 14.2 Å². The van der Waals surface area contributed by atoms with E-state index in [9.17, 15) is 14.0 Å². The first kappa shape index (κ1) is 22.4. The van der Waals surface area contributed by atoms with Gasteiger partial charge < -0.3 is 24.7 Å². The van der Waals surface area contributed by atoms with Gasteiger partial charge in [-0.05, 0) is 41.8 Å². The van der Waals surface area contributed by atoms with E-state index in [2.05, 4.69) is 0 Å². The van der Waals surface area contributed by atoms with Crippen LogP contribution in [0.15, 0.2) is 65.3 Å². The summed E-state index contributed by atoms with van der Waals surface area (Å²) in [6, 6.07) is 11.2. The number of ketones is 1. The van der Waals surface area contributed by atoms with Crippen LogP contribution in [0.25, 0.3) is 0 Å². The topological polar surface area (TPSA) is 97.1 Å². The van der Waals surface area contributed by atoms with E-state index in [4.69, 9.17) is 24.7 Å². The second kappa shape index (κ2) is 9.36. The molecule has 0 spiro atoms. The monoisotopic (exact) mass is 453 g/mol. The predicted molar refractivity (Wildman–Crippen MR) is 117 cm³/mol. The van der Waals surface area contributed by atoms with Crippen molar-refractivity contribution in [1.82, 2.24) is 0 Å². The van der Waals surface area contributed by atoms with Crippen LogP contribution in [-0.4, -0.2) is 26.0 Å². The number of allylic oxidation sites excluding steroid dienone is 2. The minimum atomic E-state index is -0.742. The molecule has 0 radical (unpaired) electrons. The number of rotatable bonds is 6. The third-order valence-electron chi connectivity index (χ3n) is 5.72. The van der Waals surface area contributed by atoms with E-state index in [1.54, 1.807) is 30.3 Å². The molecule has 1 heterocycles. The van der Waals surface area contributed by atoms with Crippen molar-refractivity contribution < 1.29 is 32.9 Å². The van der Waals surface area contributed by atoms with Crippen molar-refractivity contribution in [3.05, 3.63) is 82.2 Å². The zero-order valence-corrected chi connectivity index (χ0v) is 18.4. The van der Waals surface area contributed by atoms with Crippen LogP contribution in [0.4, 0.5) is 4.39 Å². The average molecular weight is 453 g/mol. The number of esters is 1. The summed E-state index contributed by atoms with van der Waals surface area (Å²) < 4.78 is 35.1. The molecule has 0 amide bonds. The maximum Gasteiger partial charge on any atom is 0.340 e. The van der Waals surface area contributed by atoms with Crippen molar-refractivity contribution in [2.45, 2.75) is 31.8 Å². The van der Waals surface area contributed by atoms with Gasteiger partial charge in [-0.3, -0.25) is 4.79 Å². The molecule has 33 heavy (non-hydrogen) atoms. The summed E-state index contributed by atoms with van der Waals surface area (Å²) in [6.45, 7) is 0.210. The zero-order valence-electron chi connectivity index (χ0n) is 18.4. The van der Waals surface area contributed by atoms with E-state index in [0.29, 0.717) is 47.7 Å². The van der Waals surface area contributed by atoms with Crippen LogP contribution in [-0.2, 0) is 25.7 Å². The lowest BCUT2D eigenvalue weighted by atomic mass is 9.77. The van der Waals surface area contributed by atoms with Crippen LogP contribution in [0.2, 0.25) is 0 Å². The largest absolute Gasteiger partial charge is 0.493 e. The standard InChI is InChI=1S/C25H24FNO6/c1-30-20-12-15(8-11-18(20)32-13-14-6-9-16(26)10-7-14)21-22-17(28)4-3-5-19(22)33-24(27)23(21)25(29)31-2/h6-12,21H,3-5,13,27H2,1-2H3/t21-/m0/s1. The lowest BCUT2D eigenvalue weighted by Gasteiger charge is -2.32. The van der Waals surface area contributed by atoms with Crippen LogP contribution in [0.3, 0.4) is 0 Å². The summed E-state index contributed by atoms with van der Waals surface area (Å²) in [5.41, 5.74) is 7.99. The summed E-state index contributed by atoms with van der Waals surface area (Å²) in [7, 11) is 2.75. The van der Waals surface area contributed by atoms with Crippen molar-refractivity contribution >= 4 is 11.8 Å². The molecule has 172 valence electrons. The summed E-state index contributed by atoms with van der Waals surface area (Å²) >= 11 is 0. The highest BCUT2D eigenvalue weighted by Gasteiger charge is 2.41. The Morgan fingerprint density at radius 3 is 2.58 bits per heavy atom. The molecule has 0 unspecified atom stereocenters. The van der Waals surface area contributed by atoms with Crippen LogP contribution in [0, 0.1) is 5.82 Å². The van der Waals surface area contributed by atoms with Crippen molar-refractivity contribution in [3.8, 4) is 11.5 Å². The van der Waals surface area contributed by atoms with Crippen LogP contribution in [0.5, 0.6) is 11.5 Å². The minimum Gasteiger partial charge on any atom is -0.493 e. The van der Waals surface area contributed by atoms with Gasteiger partial charge in [0.25, 0.3) is 0 Å². The summed E-state index contributed by atoms with van der Waals surface area (Å²) in [4.78, 5) is 25.4. The van der Waals surface area contributed by atoms with Gasteiger partial charge in [0.1, 0.15) is 23.8 Å². The Hall–Kier alpha value is -3.81. The Labute approximate surface area is 190 Å². The molecular formula is C25H24FNO6. The lowest BCUT2D eigenvalue weighted by Crippen LogP contribution is -2.31. The van der Waals surface area contributed by atoms with Crippen molar-refractivity contribution in [3.63, 3.8) is 0 Å². The molecule has 0 saturated heterocycles. The summed E-state index contributed by atoms with van der Waals surface area (Å²) in [6.07, 6.45) is 1.58. The molecule has 7 nitrogen and oxygen atoms in total. The zero-order chi connectivity index (χ0) is 23.5. The number of nitrogens with two attached hydrogens (primary N) is 1. The molecule has 0 aromatic heterocycles. The molecular weight excluding hydrogens is 429 g/mol. The fraction of sp³-hybridized carbons (Fsp3) is 0.280. The summed E-state index contributed by atoms with van der Waals surface area (Å²) in [5.74, 6) is -0.546. The fourth-order valence-corrected chi connectivity index (χ4v) is 4.12. The van der Waals surface area contributed by atoms with Crippen molar-refractivity contribution in [2.24, 2.45) is 5.73 Å². The Bertz CT molecular complexity index is 1150. The first-order valence-electron chi connectivity index (χ1n) is 10.5. The van der Waals surface area contributed by atoms with Crippen LogP contribution in [0.1, 0.15) is 36.3 Å². The first-order valence-corrected chi connectivity index (χ1v) is 10.5. The number of halogens is 1. The Morgan fingerprint density at radius 2 is 1.88 bits per heavy atom. The maximum absolute atomic E-state index is 13.1. The fourth-order valence-electron chi connectivity index (χ4n) is 4.12. The smallest absolute Gasteiger partial charge is 0.340 e. The molecule has 2 aliphatic rings. The number of ether oxygens (including phenoxy) is 4. The third kappa shape index (κ3) is 4.41. The molecule has 2 aromatic carbocycles. The molecule has 4 rings (SSSR count). The Balaban J connectivity index is 1.71. The molecule has 0 fully saturated rings. The van der Waals surface area contributed by atoms with E-state index in [1.165, 1.54) is 26.4 Å². The number of carbonyl (C=O) groups is 2. The van der Waals surface area contributed by atoms with Gasteiger partial charge in [0, 0.05) is 18.4 Å². The predicted octanol–water partition coefficient (Wildman–Crippen LogP) is 3.88. The third-order valence-corrected chi connectivity index (χ3v) is 5.72. The van der Waals surface area contributed by atoms with Gasteiger partial charge in [-0.15, -0.1) is 0 Å². The first-order chi connectivity index (χ1) is 15.9. The minimum absolute atomic E-state index is 0.0732. The van der Waals surface area contributed by atoms with Crippen molar-refractivity contribution in [1.29, 1.82) is 0 Å². The number of Topliss-reactive ketones (excluding diaryl/α,β-unsaturated/α-hetero) is 1. The molecule has 8 heteroatoms. The number of hydrogen-bond acceptors (Lipinski definition) is 7. The SMILES string of the molecule is COC(=O)C1=C(N)OC2=C(C(=O)CCC2)[C@@H]1c1ccc(OCc2ccc(F)cc2)c(OC)c1. The highest BCUT2D eigenvalue weighted by Crippen LogP contribution is 2.45. The van der Waals surface area contributed by atoms with E-state index in [1.807, 2.05) is 0 Å². The van der Waals surface area contributed by atoms with E-state index in [0.717, 1.165) is 5.56 Å². The second-order valence-electron chi connectivity index (χ2n) is 7.74. The quantitative estimate of drug-likeness (QED) is 0.663. The van der Waals surface area contributed by atoms with Crippen LogP contribution < -0.4 is 15.2 Å². The maximum atomic E-state index is 13.1. The Morgan fingerprint density at radius 1 is 1.12 bits per heavy atom. The normalized spacial score (nSPS) is 17.9. The second-order valence-corrected chi connectivity index (χ2v) is 7.74. The molecule has 1 aliphatic heterocycles. The molecule has 1 aliphatic carbocycles. The van der Waals surface area contributed by atoms with Gasteiger partial charge in [0.15, 0.2) is 17.3 Å². The lowest BCUT2D eigenvalue weighted by molar-refractivity contribution is -0.136. The highest BCUT2D eigenvalue weighted by molar-refractivity contribution is 6.03. The number of methoxy groups -OCH3 is 2. The van der Waals surface area contributed by atoms with Gasteiger partial charge in [-0.1, -0.05) is 18.2 Å². The summed E-state index contributed by atoms with van der Waals surface area (Å²) in [5, 5.41) is 0. The number of carbonyl (C=O) groups excluding carboxylic acids is 2. The molecule has 0 saturated carbocycles. The molecule has 1 atom stereocenters. The molecule has 2 N–H and O–H groups in total. The van der Waals surface area contributed by atoms with Gasteiger partial charge in [0.05, 0.1) is 20.1 Å². The van der Waals surface area contributed by atoms with Gasteiger partial charge in [-0.25, -0.2) is 9.18 Å². The molecule has 0 bridgehead atoms. The number of hydrogen-bond donors (Lipinski definition) is 1. The van der Waals surface area contributed by atoms with Crippen LogP contribution >= 0.6 is 0 Å². The van der Waals surface area contributed by atoms with Gasteiger partial charge >= 0.3 is 5.97 Å². The molecule has 2 aromatic rings. The van der Waals surface area contributed by atoms with E-state index < -0.39 is 11.9 Å².